The average molecular weight is 239 g/mol. The van der Waals surface area contributed by atoms with E-state index in [1.165, 1.54) is 11.1 Å². The Labute approximate surface area is 108 Å². The third-order valence-electron chi connectivity index (χ3n) is 2.83. The van der Waals surface area contributed by atoms with E-state index < -0.39 is 0 Å². The first-order chi connectivity index (χ1) is 8.74. The number of hydrogen-bond donors (Lipinski definition) is 0. The van der Waals surface area contributed by atoms with Gasteiger partial charge in [0.15, 0.2) is 12.8 Å². The van der Waals surface area contributed by atoms with E-state index in [4.69, 9.17) is 0 Å². The van der Waals surface area contributed by atoms with Crippen LogP contribution in [0.5, 0.6) is 0 Å². The lowest BCUT2D eigenvalue weighted by atomic mass is 10.1. The molecular weight excluding hydrogens is 222 g/mol. The Balaban J connectivity index is 1.95. The van der Waals surface area contributed by atoms with E-state index in [1.54, 1.807) is 6.21 Å². The predicted octanol–water partition coefficient (Wildman–Crippen LogP) is 3.17. The smallest absolute Gasteiger partial charge is 0.181 e. The van der Waals surface area contributed by atoms with Crippen molar-refractivity contribution in [3.63, 3.8) is 0 Å². The minimum absolute atomic E-state index is 0.484. The zero-order valence-corrected chi connectivity index (χ0v) is 10.5. The van der Waals surface area contributed by atoms with Gasteiger partial charge in [0.25, 0.3) is 0 Å². The second-order valence-electron chi connectivity index (χ2n) is 4.42. The van der Waals surface area contributed by atoms with Crippen molar-refractivity contribution in [2.75, 3.05) is 6.54 Å². The number of rotatable bonds is 4. The summed E-state index contributed by atoms with van der Waals surface area (Å²) in [4.78, 5) is 0. The molecule has 0 saturated carbocycles. The highest BCUT2D eigenvalue weighted by Gasteiger charge is 1.98. The van der Waals surface area contributed by atoms with E-state index in [1.807, 2.05) is 61.5 Å². The third-order valence-corrected chi connectivity index (χ3v) is 2.83. The maximum Gasteiger partial charge on any atom is 0.181 e. The van der Waals surface area contributed by atoms with Crippen molar-refractivity contribution in [3.05, 3.63) is 76.5 Å². The Hall–Kier alpha value is -2.09. The fourth-order valence-electron chi connectivity index (χ4n) is 1.77. The molecule has 2 heteroatoms. The largest absolute Gasteiger partial charge is 0.624 e. The summed E-state index contributed by atoms with van der Waals surface area (Å²) in [5.74, 6) is 0. The zero-order chi connectivity index (χ0) is 12.8. The number of nitrogens with zero attached hydrogens (tertiary/aromatic N) is 1. The maximum absolute atomic E-state index is 11.7. The summed E-state index contributed by atoms with van der Waals surface area (Å²) in [7, 11) is 0. The number of hydroxylamine groups is 1. The molecule has 0 aliphatic rings. The van der Waals surface area contributed by atoms with Gasteiger partial charge in [-0.15, -0.1) is 0 Å². The van der Waals surface area contributed by atoms with Gasteiger partial charge in [-0.05, 0) is 24.6 Å². The second-order valence-corrected chi connectivity index (χ2v) is 4.42. The summed E-state index contributed by atoms with van der Waals surface area (Å²) in [6, 6.07) is 18.0. The Morgan fingerprint density at radius 3 is 2.33 bits per heavy atom. The van der Waals surface area contributed by atoms with Crippen LogP contribution < -0.4 is 0 Å². The van der Waals surface area contributed by atoms with Crippen molar-refractivity contribution in [1.29, 1.82) is 0 Å². The summed E-state index contributed by atoms with van der Waals surface area (Å²) >= 11 is 0. The topological polar surface area (TPSA) is 26.1 Å². The van der Waals surface area contributed by atoms with Crippen LogP contribution in [0.2, 0.25) is 0 Å². The van der Waals surface area contributed by atoms with Gasteiger partial charge in [0.2, 0.25) is 0 Å². The molecule has 0 N–H and O–H groups in total. The molecule has 0 aliphatic heterocycles. The van der Waals surface area contributed by atoms with Crippen molar-refractivity contribution in [2.24, 2.45) is 0 Å². The molecule has 2 rings (SSSR count). The van der Waals surface area contributed by atoms with Crippen LogP contribution in [-0.2, 0) is 6.42 Å². The monoisotopic (exact) mass is 239 g/mol. The molecule has 2 nitrogen and oxygen atoms in total. The highest BCUT2D eigenvalue weighted by Crippen LogP contribution is 2.02. The first-order valence-corrected chi connectivity index (χ1v) is 6.13. The van der Waals surface area contributed by atoms with Gasteiger partial charge in [0.1, 0.15) is 0 Å². The van der Waals surface area contributed by atoms with Crippen LogP contribution in [0, 0.1) is 12.1 Å². The van der Waals surface area contributed by atoms with Crippen LogP contribution in [0.1, 0.15) is 16.7 Å². The summed E-state index contributed by atoms with van der Waals surface area (Å²) < 4.78 is 0.998. The Bertz CT molecular complexity index is 515. The average Bonchev–Trinajstić information content (AvgIpc) is 2.40. The van der Waals surface area contributed by atoms with Crippen molar-refractivity contribution in [3.8, 4) is 0 Å². The van der Waals surface area contributed by atoms with Crippen LogP contribution in [0.25, 0.3) is 0 Å². The van der Waals surface area contributed by atoms with Crippen molar-refractivity contribution >= 4 is 6.21 Å². The van der Waals surface area contributed by atoms with Crippen molar-refractivity contribution in [1.82, 2.24) is 0 Å². The summed E-state index contributed by atoms with van der Waals surface area (Å²) in [5.41, 5.74) is 3.34. The van der Waals surface area contributed by atoms with Crippen LogP contribution in [0.3, 0.4) is 0 Å². The molecule has 0 spiro atoms. The van der Waals surface area contributed by atoms with E-state index >= 15 is 0 Å². The summed E-state index contributed by atoms with van der Waals surface area (Å²) in [6.45, 7) is 2.52. The predicted molar refractivity (Wildman–Crippen MR) is 75.0 cm³/mol. The van der Waals surface area contributed by atoms with Gasteiger partial charge in [0, 0.05) is 12.0 Å². The Morgan fingerprint density at radius 2 is 1.67 bits per heavy atom. The first kappa shape index (κ1) is 12.4. The Kier molecular flexibility index (Phi) is 4.13. The molecule has 0 atom stereocenters. The molecule has 0 aliphatic carbocycles. The van der Waals surface area contributed by atoms with Crippen molar-refractivity contribution in [2.45, 2.75) is 13.3 Å². The molecule has 2 aromatic rings. The molecular formula is C16H17NO. The number of hydrogen-bond acceptors (Lipinski definition) is 1. The van der Waals surface area contributed by atoms with E-state index in [2.05, 4.69) is 0 Å². The molecule has 0 aromatic heterocycles. The fourth-order valence-corrected chi connectivity index (χ4v) is 1.77. The lowest BCUT2D eigenvalue weighted by Gasteiger charge is -2.04. The second kappa shape index (κ2) is 6.01. The van der Waals surface area contributed by atoms with E-state index in [-0.39, 0.29) is 0 Å². The molecule has 0 amide bonds. The van der Waals surface area contributed by atoms with Crippen LogP contribution in [0.15, 0.2) is 54.6 Å². The van der Waals surface area contributed by atoms with Gasteiger partial charge in [-0.3, -0.25) is 0 Å². The lowest BCUT2D eigenvalue weighted by Crippen LogP contribution is -2.10. The quantitative estimate of drug-likeness (QED) is 0.348. The van der Waals surface area contributed by atoms with Gasteiger partial charge < -0.3 is 5.21 Å². The van der Waals surface area contributed by atoms with Crippen LogP contribution >= 0.6 is 0 Å². The van der Waals surface area contributed by atoms with E-state index in [9.17, 15) is 5.21 Å². The zero-order valence-electron chi connectivity index (χ0n) is 10.5. The molecule has 18 heavy (non-hydrogen) atoms. The van der Waals surface area contributed by atoms with Crippen molar-refractivity contribution < 1.29 is 4.74 Å². The SMILES string of the molecule is Cc1ccc(/C=[N+](/[O-])CCc2ccccc2)cc1. The molecule has 0 saturated heterocycles. The molecule has 92 valence electrons. The van der Waals surface area contributed by atoms with Crippen LogP contribution in [-0.4, -0.2) is 17.5 Å². The van der Waals surface area contributed by atoms with Gasteiger partial charge in [-0.25, -0.2) is 4.74 Å². The minimum Gasteiger partial charge on any atom is -0.624 e. The highest BCUT2D eigenvalue weighted by atomic mass is 16.5. The number of aryl methyl sites for hydroxylation is 1. The molecule has 0 heterocycles. The first-order valence-electron chi connectivity index (χ1n) is 6.13. The van der Waals surface area contributed by atoms with E-state index in [0.717, 1.165) is 16.7 Å². The Morgan fingerprint density at radius 1 is 1.00 bits per heavy atom. The van der Waals surface area contributed by atoms with Gasteiger partial charge >= 0.3 is 0 Å². The molecule has 0 fully saturated rings. The maximum atomic E-state index is 11.7. The minimum atomic E-state index is 0.484. The normalized spacial score (nSPS) is 11.5. The summed E-state index contributed by atoms with van der Waals surface area (Å²) in [6.07, 6.45) is 2.41. The fraction of sp³-hybridized carbons (Fsp3) is 0.188. The third kappa shape index (κ3) is 3.74. The van der Waals surface area contributed by atoms with Gasteiger partial charge in [-0.1, -0.05) is 48.0 Å². The molecule has 0 radical (unpaired) electrons. The molecule has 2 aromatic carbocycles. The number of benzene rings is 2. The standard InChI is InChI=1S/C16H17NO/c1-14-7-9-16(10-8-14)13-17(18)12-11-15-5-3-2-4-6-15/h2-10,13H,11-12H2,1H3/b17-13+. The van der Waals surface area contributed by atoms with Gasteiger partial charge in [-0.2, -0.15) is 0 Å². The molecule has 0 bridgehead atoms. The summed E-state index contributed by atoms with van der Waals surface area (Å²) in [5, 5.41) is 11.7. The lowest BCUT2D eigenvalue weighted by molar-refractivity contribution is -0.451. The molecule has 0 unspecified atom stereocenters. The van der Waals surface area contributed by atoms with Crippen LogP contribution in [0.4, 0.5) is 0 Å². The van der Waals surface area contributed by atoms with E-state index in [0.29, 0.717) is 6.54 Å². The highest BCUT2D eigenvalue weighted by molar-refractivity contribution is 5.75. The van der Waals surface area contributed by atoms with Gasteiger partial charge in [0.05, 0.1) is 0 Å².